The van der Waals surface area contributed by atoms with Crippen LogP contribution in [0.5, 0.6) is 0 Å². The molecule has 0 atom stereocenters. The third kappa shape index (κ3) is 2.55. The lowest BCUT2D eigenvalue weighted by atomic mass is 10.3. The third-order valence-electron chi connectivity index (χ3n) is 2.59. The summed E-state index contributed by atoms with van der Waals surface area (Å²) in [5, 5.41) is 0. The standard InChI is InChI=1S/C10H11BrFNO2S/c11-9-2-1-8(12)7-10(9)13-3-5-16(14,15)6-4-13/h1-2,7H,3-6H2. The number of nitrogens with zero attached hydrogens (tertiary/aromatic N) is 1. The van der Waals surface area contributed by atoms with Gasteiger partial charge in [0.15, 0.2) is 9.84 Å². The Bertz CT molecular complexity index is 490. The summed E-state index contributed by atoms with van der Waals surface area (Å²) < 4.78 is 36.4. The molecule has 0 N–H and O–H groups in total. The minimum Gasteiger partial charge on any atom is -0.369 e. The first kappa shape index (κ1) is 11.9. The second-order valence-corrected chi connectivity index (χ2v) is 6.89. The minimum atomic E-state index is -2.90. The Balaban J connectivity index is 2.23. The fourth-order valence-corrected chi connectivity index (χ4v) is 3.38. The molecule has 16 heavy (non-hydrogen) atoms. The van der Waals surface area contributed by atoms with Crippen LogP contribution in [0.4, 0.5) is 10.1 Å². The number of rotatable bonds is 1. The quantitative estimate of drug-likeness (QED) is 0.794. The van der Waals surface area contributed by atoms with E-state index < -0.39 is 9.84 Å². The van der Waals surface area contributed by atoms with Gasteiger partial charge in [0.25, 0.3) is 0 Å². The lowest BCUT2D eigenvalue weighted by Gasteiger charge is -2.29. The van der Waals surface area contributed by atoms with Crippen LogP contribution in [0.25, 0.3) is 0 Å². The molecule has 1 fully saturated rings. The smallest absolute Gasteiger partial charge is 0.153 e. The molecule has 0 aliphatic carbocycles. The summed E-state index contributed by atoms with van der Waals surface area (Å²) in [4.78, 5) is 1.88. The fraction of sp³-hybridized carbons (Fsp3) is 0.400. The zero-order chi connectivity index (χ0) is 11.8. The summed E-state index contributed by atoms with van der Waals surface area (Å²) in [6, 6.07) is 4.42. The first-order chi connectivity index (χ1) is 7.48. The van der Waals surface area contributed by atoms with Crippen LogP contribution in [0, 0.1) is 5.82 Å². The number of anilines is 1. The molecule has 0 bridgehead atoms. The van der Waals surface area contributed by atoms with E-state index in [-0.39, 0.29) is 17.3 Å². The first-order valence-electron chi connectivity index (χ1n) is 4.88. The van der Waals surface area contributed by atoms with Gasteiger partial charge in [0.05, 0.1) is 17.2 Å². The topological polar surface area (TPSA) is 37.4 Å². The normalized spacial score (nSPS) is 19.8. The van der Waals surface area contributed by atoms with Gasteiger partial charge in [-0.05, 0) is 34.1 Å². The predicted octanol–water partition coefficient (Wildman–Crippen LogP) is 1.82. The average Bonchev–Trinajstić information content (AvgIpc) is 2.22. The molecule has 1 saturated heterocycles. The highest BCUT2D eigenvalue weighted by molar-refractivity contribution is 9.10. The molecular weight excluding hydrogens is 297 g/mol. The lowest BCUT2D eigenvalue weighted by Crippen LogP contribution is -2.40. The maximum Gasteiger partial charge on any atom is 0.153 e. The highest BCUT2D eigenvalue weighted by Gasteiger charge is 2.23. The second kappa shape index (κ2) is 4.33. The number of sulfone groups is 1. The van der Waals surface area contributed by atoms with E-state index in [1.165, 1.54) is 12.1 Å². The Morgan fingerprint density at radius 2 is 1.88 bits per heavy atom. The molecule has 0 aromatic heterocycles. The highest BCUT2D eigenvalue weighted by atomic mass is 79.9. The van der Waals surface area contributed by atoms with Crippen molar-refractivity contribution in [3.05, 3.63) is 28.5 Å². The molecule has 3 nitrogen and oxygen atoms in total. The Hall–Kier alpha value is -0.620. The fourth-order valence-electron chi connectivity index (χ4n) is 1.68. The molecule has 1 aliphatic rings. The van der Waals surface area contributed by atoms with Crippen molar-refractivity contribution >= 4 is 31.5 Å². The van der Waals surface area contributed by atoms with Gasteiger partial charge in [0.1, 0.15) is 5.82 Å². The van der Waals surface area contributed by atoms with Gasteiger partial charge < -0.3 is 4.90 Å². The first-order valence-corrected chi connectivity index (χ1v) is 7.50. The highest BCUT2D eigenvalue weighted by Crippen LogP contribution is 2.28. The van der Waals surface area contributed by atoms with E-state index >= 15 is 0 Å². The number of hydrogen-bond acceptors (Lipinski definition) is 3. The van der Waals surface area contributed by atoms with E-state index in [1.54, 1.807) is 6.07 Å². The van der Waals surface area contributed by atoms with Gasteiger partial charge in [0, 0.05) is 17.6 Å². The molecule has 0 amide bonds. The van der Waals surface area contributed by atoms with Crippen molar-refractivity contribution in [2.75, 3.05) is 29.5 Å². The molecule has 2 rings (SSSR count). The van der Waals surface area contributed by atoms with Crippen molar-refractivity contribution in [3.8, 4) is 0 Å². The third-order valence-corrected chi connectivity index (χ3v) is 4.87. The van der Waals surface area contributed by atoms with E-state index in [1.807, 2.05) is 4.90 Å². The lowest BCUT2D eigenvalue weighted by molar-refractivity contribution is 0.586. The van der Waals surface area contributed by atoms with E-state index in [4.69, 9.17) is 0 Å². The summed E-state index contributed by atoms with van der Waals surface area (Å²) in [7, 11) is -2.90. The Morgan fingerprint density at radius 3 is 2.50 bits per heavy atom. The molecule has 1 aromatic rings. The Morgan fingerprint density at radius 1 is 1.25 bits per heavy atom. The van der Waals surface area contributed by atoms with Gasteiger partial charge in [-0.3, -0.25) is 0 Å². The Labute approximate surface area is 102 Å². The predicted molar refractivity (Wildman–Crippen MR) is 65.0 cm³/mol. The average molecular weight is 308 g/mol. The van der Waals surface area contributed by atoms with Crippen molar-refractivity contribution < 1.29 is 12.8 Å². The summed E-state index contributed by atoms with van der Waals surface area (Å²) in [5.74, 6) is -0.0436. The van der Waals surface area contributed by atoms with Crippen molar-refractivity contribution in [2.45, 2.75) is 0 Å². The molecule has 1 heterocycles. The summed E-state index contributed by atoms with van der Waals surface area (Å²) >= 11 is 3.34. The van der Waals surface area contributed by atoms with Gasteiger partial charge in [-0.1, -0.05) is 0 Å². The monoisotopic (exact) mass is 307 g/mol. The van der Waals surface area contributed by atoms with Crippen LogP contribution in [-0.2, 0) is 9.84 Å². The van der Waals surface area contributed by atoms with E-state index in [9.17, 15) is 12.8 Å². The number of benzene rings is 1. The van der Waals surface area contributed by atoms with Gasteiger partial charge in [-0.15, -0.1) is 0 Å². The van der Waals surface area contributed by atoms with Crippen LogP contribution in [0.3, 0.4) is 0 Å². The largest absolute Gasteiger partial charge is 0.369 e. The van der Waals surface area contributed by atoms with E-state index in [0.29, 0.717) is 13.1 Å². The van der Waals surface area contributed by atoms with Gasteiger partial charge in [-0.2, -0.15) is 0 Å². The van der Waals surface area contributed by atoms with Crippen molar-refractivity contribution in [3.63, 3.8) is 0 Å². The van der Waals surface area contributed by atoms with Gasteiger partial charge in [0.2, 0.25) is 0 Å². The Kier molecular flexibility index (Phi) is 3.21. The van der Waals surface area contributed by atoms with Crippen molar-refractivity contribution in [2.24, 2.45) is 0 Å². The molecule has 0 spiro atoms. The zero-order valence-corrected chi connectivity index (χ0v) is 10.9. The molecule has 1 aliphatic heterocycles. The maximum atomic E-state index is 13.1. The number of halogens is 2. The van der Waals surface area contributed by atoms with Crippen molar-refractivity contribution in [1.29, 1.82) is 0 Å². The molecule has 0 radical (unpaired) electrons. The maximum absolute atomic E-state index is 13.1. The van der Waals surface area contributed by atoms with Crippen LogP contribution in [0.2, 0.25) is 0 Å². The number of hydrogen-bond donors (Lipinski definition) is 0. The van der Waals surface area contributed by atoms with E-state index in [2.05, 4.69) is 15.9 Å². The van der Waals surface area contributed by atoms with Crippen LogP contribution in [0.1, 0.15) is 0 Å². The van der Waals surface area contributed by atoms with Gasteiger partial charge >= 0.3 is 0 Å². The molecular formula is C10H11BrFNO2S. The SMILES string of the molecule is O=S1(=O)CCN(c2cc(F)ccc2Br)CC1. The summed E-state index contributed by atoms with van der Waals surface area (Å²) in [6.07, 6.45) is 0. The van der Waals surface area contributed by atoms with Crippen LogP contribution in [-0.4, -0.2) is 33.0 Å². The molecule has 6 heteroatoms. The molecule has 0 unspecified atom stereocenters. The molecule has 88 valence electrons. The van der Waals surface area contributed by atoms with Crippen LogP contribution >= 0.6 is 15.9 Å². The minimum absolute atomic E-state index is 0.135. The van der Waals surface area contributed by atoms with Crippen LogP contribution in [0.15, 0.2) is 22.7 Å². The molecule has 1 aromatic carbocycles. The van der Waals surface area contributed by atoms with E-state index in [0.717, 1.165) is 10.2 Å². The van der Waals surface area contributed by atoms with Crippen LogP contribution < -0.4 is 4.90 Å². The zero-order valence-electron chi connectivity index (χ0n) is 8.49. The second-order valence-electron chi connectivity index (χ2n) is 3.73. The van der Waals surface area contributed by atoms with Crippen molar-refractivity contribution in [1.82, 2.24) is 0 Å². The molecule has 0 saturated carbocycles. The summed E-state index contributed by atoms with van der Waals surface area (Å²) in [6.45, 7) is 0.842. The summed E-state index contributed by atoms with van der Waals surface area (Å²) in [5.41, 5.74) is 0.718. The van der Waals surface area contributed by atoms with Gasteiger partial charge in [-0.25, -0.2) is 12.8 Å².